The predicted molar refractivity (Wildman–Crippen MR) is 126 cm³/mol. The third-order valence-corrected chi connectivity index (χ3v) is 6.50. The number of carboxylic acid groups (broad SMARTS) is 1. The van der Waals surface area contributed by atoms with Gasteiger partial charge in [-0.1, -0.05) is 54.6 Å². The first-order valence-corrected chi connectivity index (χ1v) is 11.4. The summed E-state index contributed by atoms with van der Waals surface area (Å²) in [5, 5.41) is 24.6. The highest BCUT2D eigenvalue weighted by atomic mass is 16.5. The molecule has 5 heteroatoms. The van der Waals surface area contributed by atoms with E-state index in [1.165, 1.54) is 21.9 Å². The van der Waals surface area contributed by atoms with Crippen molar-refractivity contribution in [1.29, 1.82) is 0 Å². The van der Waals surface area contributed by atoms with Crippen LogP contribution in [0.4, 0.5) is 0 Å². The minimum absolute atomic E-state index is 0.0714. The van der Waals surface area contributed by atoms with E-state index in [9.17, 15) is 9.90 Å². The molecular formula is C27H31NO4. The van der Waals surface area contributed by atoms with E-state index in [0.717, 1.165) is 19.3 Å². The number of nitrogens with one attached hydrogen (secondary N) is 1. The maximum absolute atomic E-state index is 11.2. The average Bonchev–Trinajstić information content (AvgIpc) is 3.27. The number of aliphatic carboxylic acids is 1. The molecule has 168 valence electrons. The average molecular weight is 434 g/mol. The molecular weight excluding hydrogens is 402 g/mol. The van der Waals surface area contributed by atoms with Crippen LogP contribution in [-0.2, 0) is 4.79 Å². The van der Waals surface area contributed by atoms with Gasteiger partial charge in [0.15, 0.2) is 6.10 Å². The van der Waals surface area contributed by atoms with E-state index >= 15 is 0 Å². The largest absolute Gasteiger partial charge is 0.479 e. The Morgan fingerprint density at radius 2 is 1.81 bits per heavy atom. The first-order chi connectivity index (χ1) is 15.5. The molecule has 1 fully saturated rings. The Morgan fingerprint density at radius 1 is 1.06 bits per heavy atom. The molecule has 1 aliphatic carbocycles. The SMILES string of the molecule is CC(N[C@H]1CC[C@@H](c2ccc(OC(CCO)C(=O)O)cc2)C1)c1cccc2ccccc12. The van der Waals surface area contributed by atoms with Crippen LogP contribution in [-0.4, -0.2) is 34.9 Å². The number of rotatable bonds is 9. The molecule has 3 aromatic rings. The Hall–Kier alpha value is -2.89. The minimum Gasteiger partial charge on any atom is -0.479 e. The first kappa shape index (κ1) is 22.3. The van der Waals surface area contributed by atoms with E-state index in [1.807, 2.05) is 24.3 Å². The zero-order valence-corrected chi connectivity index (χ0v) is 18.4. The third-order valence-electron chi connectivity index (χ3n) is 6.50. The van der Waals surface area contributed by atoms with Crippen molar-refractivity contribution in [2.24, 2.45) is 0 Å². The molecule has 0 spiro atoms. The van der Waals surface area contributed by atoms with Gasteiger partial charge in [-0.2, -0.15) is 0 Å². The molecule has 4 atom stereocenters. The fraction of sp³-hybridized carbons (Fsp3) is 0.370. The van der Waals surface area contributed by atoms with Gasteiger partial charge in [-0.3, -0.25) is 0 Å². The summed E-state index contributed by atoms with van der Waals surface area (Å²) >= 11 is 0. The van der Waals surface area contributed by atoms with Gasteiger partial charge in [0.05, 0.1) is 0 Å². The maximum atomic E-state index is 11.2. The van der Waals surface area contributed by atoms with Crippen molar-refractivity contribution in [1.82, 2.24) is 5.32 Å². The Bertz CT molecular complexity index is 1040. The van der Waals surface area contributed by atoms with E-state index in [-0.39, 0.29) is 19.1 Å². The molecule has 5 nitrogen and oxygen atoms in total. The van der Waals surface area contributed by atoms with Gasteiger partial charge < -0.3 is 20.3 Å². The molecule has 0 heterocycles. The molecule has 2 unspecified atom stereocenters. The highest BCUT2D eigenvalue weighted by Gasteiger charge is 2.27. The summed E-state index contributed by atoms with van der Waals surface area (Å²) in [4.78, 5) is 11.2. The number of aliphatic hydroxyl groups is 1. The number of benzene rings is 3. The number of carboxylic acids is 1. The van der Waals surface area contributed by atoms with E-state index < -0.39 is 12.1 Å². The first-order valence-electron chi connectivity index (χ1n) is 11.4. The fourth-order valence-electron chi connectivity index (χ4n) is 4.84. The molecule has 0 saturated heterocycles. The van der Waals surface area contributed by atoms with Crippen LogP contribution >= 0.6 is 0 Å². The molecule has 0 aliphatic heterocycles. The minimum atomic E-state index is -1.06. The predicted octanol–water partition coefficient (Wildman–Crippen LogP) is 5.04. The van der Waals surface area contributed by atoms with Crippen molar-refractivity contribution >= 4 is 16.7 Å². The van der Waals surface area contributed by atoms with Crippen molar-refractivity contribution < 1.29 is 19.7 Å². The van der Waals surface area contributed by atoms with Gasteiger partial charge in [0.25, 0.3) is 0 Å². The molecule has 1 aliphatic rings. The Kier molecular flexibility index (Phi) is 7.08. The van der Waals surface area contributed by atoms with Crippen molar-refractivity contribution in [2.75, 3.05) is 6.61 Å². The zero-order valence-electron chi connectivity index (χ0n) is 18.4. The second-order valence-electron chi connectivity index (χ2n) is 8.69. The van der Waals surface area contributed by atoms with Gasteiger partial charge in [-0.05, 0) is 66.1 Å². The molecule has 32 heavy (non-hydrogen) atoms. The summed E-state index contributed by atoms with van der Waals surface area (Å²) < 4.78 is 5.52. The Morgan fingerprint density at radius 3 is 2.56 bits per heavy atom. The van der Waals surface area contributed by atoms with Crippen molar-refractivity contribution in [3.8, 4) is 5.75 Å². The Balaban J connectivity index is 1.36. The van der Waals surface area contributed by atoms with E-state index in [2.05, 4.69) is 54.7 Å². The van der Waals surface area contributed by atoms with Crippen LogP contribution in [0.1, 0.15) is 55.7 Å². The van der Waals surface area contributed by atoms with E-state index in [4.69, 9.17) is 9.84 Å². The standard InChI is InChI=1S/C27H31NO4/c1-18(24-8-4-6-20-5-2-3-7-25(20)24)28-22-12-9-21(17-22)19-10-13-23(14-11-19)32-26(15-16-29)27(30)31/h2-8,10-11,13-14,18,21-22,26,28-29H,9,12,15-17H2,1H3,(H,30,31)/t18?,21-,22+,26?/m1/s1. The molecule has 3 N–H and O–H groups in total. The molecule has 3 aromatic carbocycles. The zero-order chi connectivity index (χ0) is 22.5. The monoisotopic (exact) mass is 433 g/mol. The van der Waals surface area contributed by atoms with Gasteiger partial charge in [0.2, 0.25) is 0 Å². The summed E-state index contributed by atoms with van der Waals surface area (Å²) in [5.41, 5.74) is 2.59. The summed E-state index contributed by atoms with van der Waals surface area (Å²) in [6.45, 7) is 2.02. The molecule has 0 bridgehead atoms. The number of ether oxygens (including phenoxy) is 1. The lowest BCUT2D eigenvalue weighted by molar-refractivity contribution is -0.145. The lowest BCUT2D eigenvalue weighted by Crippen LogP contribution is -2.29. The third kappa shape index (κ3) is 5.12. The lowest BCUT2D eigenvalue weighted by Gasteiger charge is -2.22. The van der Waals surface area contributed by atoms with Gasteiger partial charge in [0.1, 0.15) is 5.75 Å². The number of hydrogen-bond acceptors (Lipinski definition) is 4. The summed E-state index contributed by atoms with van der Waals surface area (Å²) in [7, 11) is 0. The van der Waals surface area contributed by atoms with E-state index in [0.29, 0.717) is 17.7 Å². The van der Waals surface area contributed by atoms with Crippen LogP contribution < -0.4 is 10.1 Å². The smallest absolute Gasteiger partial charge is 0.344 e. The molecule has 1 saturated carbocycles. The summed E-state index contributed by atoms with van der Waals surface area (Å²) in [5.74, 6) is -0.0611. The molecule has 0 amide bonds. The highest BCUT2D eigenvalue weighted by molar-refractivity contribution is 5.86. The van der Waals surface area contributed by atoms with Crippen LogP contribution in [0.15, 0.2) is 66.7 Å². The second-order valence-corrected chi connectivity index (χ2v) is 8.69. The Labute approximate surface area is 189 Å². The van der Waals surface area contributed by atoms with Crippen molar-refractivity contribution in [3.63, 3.8) is 0 Å². The molecule has 0 radical (unpaired) electrons. The lowest BCUT2D eigenvalue weighted by atomic mass is 9.96. The topological polar surface area (TPSA) is 78.8 Å². The van der Waals surface area contributed by atoms with Crippen LogP contribution in [0.5, 0.6) is 5.75 Å². The van der Waals surface area contributed by atoms with Gasteiger partial charge >= 0.3 is 5.97 Å². The number of fused-ring (bicyclic) bond motifs is 1. The van der Waals surface area contributed by atoms with Crippen molar-refractivity contribution in [3.05, 3.63) is 77.9 Å². The van der Waals surface area contributed by atoms with E-state index in [1.54, 1.807) is 0 Å². The number of aliphatic hydroxyl groups excluding tert-OH is 1. The van der Waals surface area contributed by atoms with Gasteiger partial charge in [0, 0.05) is 25.1 Å². The van der Waals surface area contributed by atoms with Crippen LogP contribution in [0.25, 0.3) is 10.8 Å². The maximum Gasteiger partial charge on any atom is 0.344 e. The molecule has 0 aromatic heterocycles. The number of hydrogen-bond donors (Lipinski definition) is 3. The van der Waals surface area contributed by atoms with Crippen LogP contribution in [0.2, 0.25) is 0 Å². The van der Waals surface area contributed by atoms with Crippen molar-refractivity contribution in [2.45, 2.75) is 56.7 Å². The fourth-order valence-corrected chi connectivity index (χ4v) is 4.84. The van der Waals surface area contributed by atoms with Gasteiger partial charge in [-0.25, -0.2) is 4.79 Å². The van der Waals surface area contributed by atoms with Crippen LogP contribution in [0.3, 0.4) is 0 Å². The normalized spacial score (nSPS) is 20.2. The summed E-state index contributed by atoms with van der Waals surface area (Å²) in [6, 6.07) is 23.5. The summed E-state index contributed by atoms with van der Waals surface area (Å²) in [6.07, 6.45) is 2.39. The number of carbonyl (C=O) groups is 1. The second kappa shape index (κ2) is 10.2. The molecule has 4 rings (SSSR count). The van der Waals surface area contributed by atoms with Gasteiger partial charge in [-0.15, -0.1) is 0 Å². The van der Waals surface area contributed by atoms with Crippen LogP contribution in [0, 0.1) is 0 Å². The highest BCUT2D eigenvalue weighted by Crippen LogP contribution is 2.36. The quantitative estimate of drug-likeness (QED) is 0.441.